The van der Waals surface area contributed by atoms with Crippen molar-refractivity contribution in [3.8, 4) is 0 Å². The van der Waals surface area contributed by atoms with Crippen LogP contribution in [0.3, 0.4) is 0 Å². The lowest BCUT2D eigenvalue weighted by atomic mass is 10.1. The molecule has 1 aromatic heterocycles. The predicted octanol–water partition coefficient (Wildman–Crippen LogP) is 4.86. The smallest absolute Gasteiger partial charge is 0.259 e. The Bertz CT molecular complexity index is 856. The van der Waals surface area contributed by atoms with Gasteiger partial charge in [-0.1, -0.05) is 29.8 Å². The second kappa shape index (κ2) is 4.23. The van der Waals surface area contributed by atoms with E-state index in [1.54, 1.807) is 23.5 Å². The number of hydrogen-bond donors (Lipinski definition) is 2. The molecule has 2 N–H and O–H groups in total. The van der Waals surface area contributed by atoms with Gasteiger partial charge in [0, 0.05) is 15.1 Å². The zero-order valence-electron chi connectivity index (χ0n) is 10.2. The van der Waals surface area contributed by atoms with E-state index in [9.17, 15) is 4.79 Å². The van der Waals surface area contributed by atoms with Crippen molar-refractivity contribution in [1.29, 1.82) is 0 Å². The summed E-state index contributed by atoms with van der Waals surface area (Å²) in [4.78, 5) is 12.5. The van der Waals surface area contributed by atoms with Crippen molar-refractivity contribution in [2.24, 2.45) is 0 Å². The Morgan fingerprint density at radius 2 is 1.85 bits per heavy atom. The number of anilines is 3. The molecule has 0 saturated heterocycles. The number of amides is 1. The van der Waals surface area contributed by atoms with Gasteiger partial charge in [-0.25, -0.2) is 0 Å². The average molecular weight is 301 g/mol. The highest BCUT2D eigenvalue weighted by atomic mass is 35.5. The molecule has 0 unspecified atom stereocenters. The van der Waals surface area contributed by atoms with Crippen molar-refractivity contribution >= 4 is 55.3 Å². The SMILES string of the molecule is O=C1Nc2cc(Cl)ccc2Nc2sc3ccccc3c21. The van der Waals surface area contributed by atoms with Crippen molar-refractivity contribution in [1.82, 2.24) is 0 Å². The summed E-state index contributed by atoms with van der Waals surface area (Å²) in [5.74, 6) is -0.106. The molecule has 4 rings (SSSR count). The van der Waals surface area contributed by atoms with E-state index in [1.807, 2.05) is 30.3 Å². The number of carbonyl (C=O) groups is 1. The summed E-state index contributed by atoms with van der Waals surface area (Å²) in [7, 11) is 0. The van der Waals surface area contributed by atoms with E-state index in [1.165, 1.54) is 0 Å². The Labute approximate surface area is 124 Å². The summed E-state index contributed by atoms with van der Waals surface area (Å²) < 4.78 is 1.09. The molecule has 3 nitrogen and oxygen atoms in total. The third kappa shape index (κ3) is 1.69. The van der Waals surface area contributed by atoms with Crippen LogP contribution in [0.25, 0.3) is 10.1 Å². The van der Waals surface area contributed by atoms with E-state index >= 15 is 0 Å². The van der Waals surface area contributed by atoms with Gasteiger partial charge < -0.3 is 10.6 Å². The summed E-state index contributed by atoms with van der Waals surface area (Å²) in [6.07, 6.45) is 0. The maximum absolute atomic E-state index is 12.5. The lowest BCUT2D eigenvalue weighted by Gasteiger charge is -2.07. The van der Waals surface area contributed by atoms with Gasteiger partial charge in [-0.2, -0.15) is 0 Å². The predicted molar refractivity (Wildman–Crippen MR) is 84.5 cm³/mol. The molecule has 1 amide bonds. The highest BCUT2D eigenvalue weighted by molar-refractivity contribution is 7.23. The molecule has 0 saturated carbocycles. The van der Waals surface area contributed by atoms with Crippen LogP contribution in [0, 0.1) is 0 Å². The van der Waals surface area contributed by atoms with Crippen molar-refractivity contribution in [2.75, 3.05) is 10.6 Å². The summed E-state index contributed by atoms with van der Waals surface area (Å²) in [5.41, 5.74) is 2.25. The molecule has 98 valence electrons. The highest BCUT2D eigenvalue weighted by Crippen LogP contribution is 2.41. The standard InChI is InChI=1S/C15H9ClN2OS/c16-8-5-6-10-11(7-8)17-14(19)13-9-3-1-2-4-12(9)20-15(13)18-10/h1-7,18H,(H,17,19). The van der Waals surface area contributed by atoms with Gasteiger partial charge in [-0.3, -0.25) is 4.79 Å². The molecule has 0 bridgehead atoms. The maximum Gasteiger partial charge on any atom is 0.259 e. The van der Waals surface area contributed by atoms with Crippen LogP contribution in [0.5, 0.6) is 0 Å². The number of carbonyl (C=O) groups excluding carboxylic acids is 1. The van der Waals surface area contributed by atoms with Gasteiger partial charge in [0.15, 0.2) is 0 Å². The largest absolute Gasteiger partial charge is 0.345 e. The van der Waals surface area contributed by atoms with Gasteiger partial charge >= 0.3 is 0 Å². The first-order chi connectivity index (χ1) is 9.72. The zero-order chi connectivity index (χ0) is 13.7. The third-order valence-electron chi connectivity index (χ3n) is 3.30. The first-order valence-electron chi connectivity index (χ1n) is 6.12. The average Bonchev–Trinajstić information content (AvgIpc) is 2.73. The minimum Gasteiger partial charge on any atom is -0.345 e. The molecular formula is C15H9ClN2OS. The lowest BCUT2D eigenvalue weighted by molar-refractivity contribution is 0.103. The van der Waals surface area contributed by atoms with Crippen molar-refractivity contribution < 1.29 is 4.79 Å². The lowest BCUT2D eigenvalue weighted by Crippen LogP contribution is -2.10. The summed E-state index contributed by atoms with van der Waals surface area (Å²) >= 11 is 7.56. The van der Waals surface area contributed by atoms with Crippen LogP contribution in [-0.4, -0.2) is 5.91 Å². The second-order valence-corrected chi connectivity index (χ2v) is 6.06. The first-order valence-corrected chi connectivity index (χ1v) is 7.31. The number of hydrogen-bond acceptors (Lipinski definition) is 3. The van der Waals surface area contributed by atoms with Crippen LogP contribution < -0.4 is 10.6 Å². The van der Waals surface area contributed by atoms with Crippen LogP contribution in [0.4, 0.5) is 16.4 Å². The number of nitrogens with one attached hydrogen (secondary N) is 2. The molecule has 5 heteroatoms. The number of halogens is 1. The number of thiophene rings is 1. The van der Waals surface area contributed by atoms with Gasteiger partial charge in [0.2, 0.25) is 0 Å². The molecule has 0 radical (unpaired) electrons. The van der Waals surface area contributed by atoms with Gasteiger partial charge in [0.05, 0.1) is 16.9 Å². The van der Waals surface area contributed by atoms with Gasteiger partial charge in [0.1, 0.15) is 5.00 Å². The topological polar surface area (TPSA) is 41.1 Å². The van der Waals surface area contributed by atoms with Crippen molar-refractivity contribution in [3.05, 3.63) is 53.1 Å². The molecule has 1 aliphatic rings. The monoisotopic (exact) mass is 300 g/mol. The molecule has 1 aliphatic heterocycles. The van der Waals surface area contributed by atoms with E-state index in [-0.39, 0.29) is 5.91 Å². The molecule has 20 heavy (non-hydrogen) atoms. The molecule has 2 heterocycles. The molecule has 0 aliphatic carbocycles. The van der Waals surface area contributed by atoms with E-state index in [0.29, 0.717) is 16.3 Å². The Morgan fingerprint density at radius 3 is 2.75 bits per heavy atom. The van der Waals surface area contributed by atoms with E-state index in [4.69, 9.17) is 11.6 Å². The number of rotatable bonds is 0. The third-order valence-corrected chi connectivity index (χ3v) is 4.62. The Kier molecular flexibility index (Phi) is 2.49. The van der Waals surface area contributed by atoms with Gasteiger partial charge in [-0.15, -0.1) is 11.3 Å². The summed E-state index contributed by atoms with van der Waals surface area (Å²) in [6, 6.07) is 13.3. The quantitative estimate of drug-likeness (QED) is 0.622. The second-order valence-electron chi connectivity index (χ2n) is 4.57. The Morgan fingerprint density at radius 1 is 1.00 bits per heavy atom. The molecule has 0 fully saturated rings. The molecule has 0 spiro atoms. The summed E-state index contributed by atoms with van der Waals surface area (Å²) in [6.45, 7) is 0. The number of fused-ring (bicyclic) bond motifs is 4. The Balaban J connectivity index is 1.97. The fourth-order valence-electron chi connectivity index (χ4n) is 2.39. The number of benzene rings is 2. The van der Waals surface area contributed by atoms with Gasteiger partial charge in [-0.05, 0) is 24.3 Å². The molecule has 2 aromatic carbocycles. The van der Waals surface area contributed by atoms with Crippen LogP contribution in [0.1, 0.15) is 10.4 Å². The summed E-state index contributed by atoms with van der Waals surface area (Å²) in [5, 5.41) is 8.68. The fourth-order valence-corrected chi connectivity index (χ4v) is 3.68. The van der Waals surface area contributed by atoms with Gasteiger partial charge in [0.25, 0.3) is 5.91 Å². The molecule has 3 aromatic rings. The fraction of sp³-hybridized carbons (Fsp3) is 0. The van der Waals surface area contributed by atoms with Crippen molar-refractivity contribution in [3.63, 3.8) is 0 Å². The normalized spacial score (nSPS) is 13.2. The van der Waals surface area contributed by atoms with Crippen molar-refractivity contribution in [2.45, 2.75) is 0 Å². The first kappa shape index (κ1) is 11.8. The molecule has 0 atom stereocenters. The van der Waals surface area contributed by atoms with E-state index < -0.39 is 0 Å². The Hall–Kier alpha value is -2.04. The van der Waals surface area contributed by atoms with Crippen LogP contribution >= 0.6 is 22.9 Å². The van der Waals surface area contributed by atoms with Crippen LogP contribution in [-0.2, 0) is 0 Å². The maximum atomic E-state index is 12.5. The zero-order valence-corrected chi connectivity index (χ0v) is 11.8. The molecular weight excluding hydrogens is 292 g/mol. The highest BCUT2D eigenvalue weighted by Gasteiger charge is 2.23. The van der Waals surface area contributed by atoms with E-state index in [0.717, 1.165) is 20.8 Å². The van der Waals surface area contributed by atoms with Crippen LogP contribution in [0.15, 0.2) is 42.5 Å². The van der Waals surface area contributed by atoms with Crippen LogP contribution in [0.2, 0.25) is 5.02 Å². The van der Waals surface area contributed by atoms with E-state index in [2.05, 4.69) is 10.6 Å². The minimum absolute atomic E-state index is 0.106. The minimum atomic E-state index is -0.106.